The van der Waals surface area contributed by atoms with Crippen molar-refractivity contribution < 1.29 is 13.2 Å². The van der Waals surface area contributed by atoms with E-state index in [0.29, 0.717) is 19.6 Å². The molecule has 1 atom stereocenters. The molecule has 0 spiro atoms. The number of nitrogens with two attached hydrogens (primary N) is 1. The number of hydrogen-bond donors (Lipinski definition) is 1. The average Bonchev–Trinajstić information content (AvgIpc) is 2.36. The predicted octanol–water partition coefficient (Wildman–Crippen LogP) is -0.150. The quantitative estimate of drug-likeness (QED) is 0.785. The Morgan fingerprint density at radius 2 is 1.80 bits per heavy atom. The molecule has 2 saturated heterocycles. The van der Waals surface area contributed by atoms with E-state index in [1.165, 1.54) is 6.26 Å². The second-order valence-electron chi connectivity index (χ2n) is 6.61. The highest BCUT2D eigenvalue weighted by Crippen LogP contribution is 2.36. The van der Waals surface area contributed by atoms with Gasteiger partial charge in [-0.3, -0.25) is 4.90 Å². The molecule has 6 nitrogen and oxygen atoms in total. The van der Waals surface area contributed by atoms with Crippen LogP contribution < -0.4 is 5.73 Å². The molecule has 0 saturated carbocycles. The summed E-state index contributed by atoms with van der Waals surface area (Å²) in [6.45, 7) is 8.13. The van der Waals surface area contributed by atoms with E-state index in [0.717, 1.165) is 32.5 Å². The highest BCUT2D eigenvalue weighted by atomic mass is 32.2. The molecule has 0 radical (unpaired) electrons. The van der Waals surface area contributed by atoms with Crippen molar-refractivity contribution in [3.05, 3.63) is 0 Å². The molecule has 0 aromatic carbocycles. The molecule has 1 unspecified atom stereocenters. The van der Waals surface area contributed by atoms with E-state index in [4.69, 9.17) is 10.5 Å². The van der Waals surface area contributed by atoms with E-state index in [-0.39, 0.29) is 11.1 Å². The Morgan fingerprint density at radius 1 is 1.20 bits per heavy atom. The van der Waals surface area contributed by atoms with Crippen molar-refractivity contribution >= 4 is 10.0 Å². The minimum absolute atomic E-state index is 0.0503. The molecule has 2 aliphatic rings. The van der Waals surface area contributed by atoms with Crippen LogP contribution >= 0.6 is 0 Å². The summed E-state index contributed by atoms with van der Waals surface area (Å²) < 4.78 is 30.5. The number of sulfonamides is 1. The van der Waals surface area contributed by atoms with Gasteiger partial charge in [-0.1, -0.05) is 0 Å². The maximum absolute atomic E-state index is 11.6. The van der Waals surface area contributed by atoms with Crippen LogP contribution in [-0.2, 0) is 14.8 Å². The van der Waals surface area contributed by atoms with E-state index in [1.54, 1.807) is 4.31 Å². The number of hydrogen-bond acceptors (Lipinski definition) is 5. The lowest BCUT2D eigenvalue weighted by Gasteiger charge is -2.52. The Hall–Kier alpha value is -0.210. The standard InChI is InChI=1S/C13H27N3O3S/c1-12(2)10-13(11-14,4-9-19-12)15-5-7-16(8-6-15)20(3,17)18/h4-11,14H2,1-3H3. The molecule has 0 aromatic rings. The first-order valence-electron chi connectivity index (χ1n) is 7.23. The molecule has 0 amide bonds. The Morgan fingerprint density at radius 3 is 2.25 bits per heavy atom. The first-order valence-corrected chi connectivity index (χ1v) is 9.08. The first-order chi connectivity index (χ1) is 9.19. The van der Waals surface area contributed by atoms with Gasteiger partial charge in [-0.15, -0.1) is 0 Å². The van der Waals surface area contributed by atoms with Gasteiger partial charge in [0.1, 0.15) is 0 Å². The van der Waals surface area contributed by atoms with Gasteiger partial charge in [-0.05, 0) is 26.7 Å². The number of piperazine rings is 1. The van der Waals surface area contributed by atoms with Gasteiger partial charge in [0.15, 0.2) is 0 Å². The van der Waals surface area contributed by atoms with Crippen molar-refractivity contribution in [2.45, 2.75) is 37.8 Å². The first kappa shape index (κ1) is 16.2. The predicted molar refractivity (Wildman–Crippen MR) is 79.0 cm³/mol. The SMILES string of the molecule is CC1(C)CC(CN)(N2CCN(S(C)(=O)=O)CC2)CCO1. The zero-order valence-corrected chi connectivity index (χ0v) is 13.6. The normalized spacial score (nSPS) is 33.2. The Kier molecular flexibility index (Phi) is 4.47. The van der Waals surface area contributed by atoms with E-state index in [9.17, 15) is 8.42 Å². The largest absolute Gasteiger partial charge is 0.375 e. The van der Waals surface area contributed by atoms with Crippen LogP contribution in [0.15, 0.2) is 0 Å². The fraction of sp³-hybridized carbons (Fsp3) is 1.00. The Labute approximate surface area is 122 Å². The lowest BCUT2D eigenvalue weighted by molar-refractivity contribution is -0.122. The van der Waals surface area contributed by atoms with Crippen LogP contribution in [0.1, 0.15) is 26.7 Å². The second-order valence-corrected chi connectivity index (χ2v) is 8.59. The third kappa shape index (κ3) is 3.33. The van der Waals surface area contributed by atoms with Crippen LogP contribution in [0.2, 0.25) is 0 Å². The van der Waals surface area contributed by atoms with Crippen molar-refractivity contribution in [1.29, 1.82) is 0 Å². The summed E-state index contributed by atoms with van der Waals surface area (Å²) in [6.07, 6.45) is 3.10. The summed E-state index contributed by atoms with van der Waals surface area (Å²) in [6, 6.07) is 0. The summed E-state index contributed by atoms with van der Waals surface area (Å²) in [7, 11) is -3.08. The molecule has 7 heteroatoms. The third-order valence-corrected chi connectivity index (χ3v) is 5.88. The lowest BCUT2D eigenvalue weighted by atomic mass is 9.79. The van der Waals surface area contributed by atoms with Crippen molar-refractivity contribution in [3.63, 3.8) is 0 Å². The zero-order valence-electron chi connectivity index (χ0n) is 12.8. The maximum Gasteiger partial charge on any atom is 0.211 e. The van der Waals surface area contributed by atoms with Crippen molar-refractivity contribution in [1.82, 2.24) is 9.21 Å². The fourth-order valence-electron chi connectivity index (χ4n) is 3.52. The lowest BCUT2D eigenvalue weighted by Crippen LogP contribution is -2.64. The molecular formula is C13H27N3O3S. The van der Waals surface area contributed by atoms with E-state index in [1.807, 2.05) is 0 Å². The van der Waals surface area contributed by atoms with Crippen LogP contribution in [0.25, 0.3) is 0 Å². The maximum atomic E-state index is 11.6. The average molecular weight is 305 g/mol. The van der Waals surface area contributed by atoms with Gasteiger partial charge in [-0.2, -0.15) is 4.31 Å². The molecule has 0 aliphatic carbocycles. The molecule has 20 heavy (non-hydrogen) atoms. The molecule has 2 N–H and O–H groups in total. The van der Waals surface area contributed by atoms with Crippen molar-refractivity contribution in [2.24, 2.45) is 5.73 Å². The van der Waals surface area contributed by atoms with Crippen LogP contribution in [0.4, 0.5) is 0 Å². The molecule has 2 heterocycles. The summed E-state index contributed by atoms with van der Waals surface area (Å²) in [5, 5.41) is 0. The van der Waals surface area contributed by atoms with E-state index in [2.05, 4.69) is 18.7 Å². The summed E-state index contributed by atoms with van der Waals surface area (Å²) in [5.41, 5.74) is 5.87. The molecule has 0 aromatic heterocycles. The molecule has 118 valence electrons. The molecular weight excluding hydrogens is 278 g/mol. The van der Waals surface area contributed by atoms with Gasteiger partial charge in [0.25, 0.3) is 0 Å². The second kappa shape index (κ2) is 5.53. The molecule has 2 aliphatic heterocycles. The Balaban J connectivity index is 2.07. The summed E-state index contributed by atoms with van der Waals surface area (Å²) in [5.74, 6) is 0. The highest BCUT2D eigenvalue weighted by molar-refractivity contribution is 7.88. The summed E-state index contributed by atoms with van der Waals surface area (Å²) >= 11 is 0. The van der Waals surface area contributed by atoms with Gasteiger partial charge in [-0.25, -0.2) is 8.42 Å². The highest BCUT2D eigenvalue weighted by Gasteiger charge is 2.45. The fourth-order valence-corrected chi connectivity index (χ4v) is 4.34. The van der Waals surface area contributed by atoms with Gasteiger partial charge in [0.05, 0.1) is 11.9 Å². The minimum Gasteiger partial charge on any atom is -0.375 e. The van der Waals surface area contributed by atoms with Gasteiger partial charge >= 0.3 is 0 Å². The number of ether oxygens (including phenoxy) is 1. The van der Waals surface area contributed by atoms with Crippen LogP contribution in [0.5, 0.6) is 0 Å². The number of rotatable bonds is 3. The smallest absolute Gasteiger partial charge is 0.211 e. The monoisotopic (exact) mass is 305 g/mol. The van der Waals surface area contributed by atoms with Gasteiger partial charge < -0.3 is 10.5 Å². The van der Waals surface area contributed by atoms with Crippen molar-refractivity contribution in [3.8, 4) is 0 Å². The molecule has 2 fully saturated rings. The van der Waals surface area contributed by atoms with Gasteiger partial charge in [0.2, 0.25) is 10.0 Å². The third-order valence-electron chi connectivity index (χ3n) is 4.57. The van der Waals surface area contributed by atoms with Crippen LogP contribution in [0, 0.1) is 0 Å². The minimum atomic E-state index is -3.08. The van der Waals surface area contributed by atoms with Crippen LogP contribution in [0.3, 0.4) is 0 Å². The van der Waals surface area contributed by atoms with Crippen LogP contribution in [-0.4, -0.2) is 74.3 Å². The van der Waals surface area contributed by atoms with E-state index >= 15 is 0 Å². The number of nitrogens with zero attached hydrogens (tertiary/aromatic N) is 2. The Bertz CT molecular complexity index is 444. The summed E-state index contributed by atoms with van der Waals surface area (Å²) in [4.78, 5) is 2.37. The zero-order chi connectivity index (χ0) is 15.0. The molecule has 0 bridgehead atoms. The van der Waals surface area contributed by atoms with E-state index < -0.39 is 10.0 Å². The van der Waals surface area contributed by atoms with Gasteiger partial charge in [0, 0.05) is 44.9 Å². The topological polar surface area (TPSA) is 75.9 Å². The van der Waals surface area contributed by atoms with Crippen molar-refractivity contribution in [2.75, 3.05) is 45.6 Å². The molecule has 2 rings (SSSR count).